The van der Waals surface area contributed by atoms with Gasteiger partial charge in [0.05, 0.1) is 0 Å². The summed E-state index contributed by atoms with van der Waals surface area (Å²) in [5, 5.41) is 5.10. The van der Waals surface area contributed by atoms with Crippen LogP contribution in [0.3, 0.4) is 0 Å². The second kappa shape index (κ2) is 10.4. The monoisotopic (exact) mass is 591 g/mol. The van der Waals surface area contributed by atoms with Crippen molar-refractivity contribution in [2.75, 3.05) is 6.54 Å². The van der Waals surface area contributed by atoms with Crippen LogP contribution in [-0.2, 0) is 25.6 Å². The number of primary amides is 1. The number of fused-ring (bicyclic) bond motifs is 2. The highest BCUT2D eigenvalue weighted by Gasteiger charge is 2.70. The van der Waals surface area contributed by atoms with Gasteiger partial charge in [0.1, 0.15) is 18.1 Å². The first kappa shape index (κ1) is 31.0. The van der Waals surface area contributed by atoms with Gasteiger partial charge in [0, 0.05) is 24.0 Å². The number of halogens is 3. The molecule has 5 atom stereocenters. The highest BCUT2D eigenvalue weighted by atomic mass is 19.4. The normalized spacial score (nSPS) is 22.7. The number of carbonyl (C=O) groups is 4. The maximum atomic E-state index is 13.7. The molecule has 1 unspecified atom stereocenters. The van der Waals surface area contributed by atoms with E-state index in [2.05, 4.69) is 10.3 Å². The molecule has 2 fully saturated rings. The van der Waals surface area contributed by atoms with E-state index in [1.807, 2.05) is 32.9 Å². The predicted molar refractivity (Wildman–Crippen MR) is 148 cm³/mol. The van der Waals surface area contributed by atoms with Crippen molar-refractivity contribution in [3.8, 4) is 0 Å². The van der Waals surface area contributed by atoms with Crippen LogP contribution in [0.5, 0.6) is 0 Å². The zero-order chi connectivity index (χ0) is 31.5. The van der Waals surface area contributed by atoms with Gasteiger partial charge in [0.15, 0.2) is 0 Å². The van der Waals surface area contributed by atoms with Crippen LogP contribution in [-0.4, -0.2) is 64.4 Å². The van der Waals surface area contributed by atoms with E-state index in [9.17, 15) is 37.1 Å². The first-order valence-corrected chi connectivity index (χ1v) is 13.6. The molecule has 228 valence electrons. The summed E-state index contributed by atoms with van der Waals surface area (Å²) in [5.41, 5.74) is 5.45. The molecular formula is C29H36F3N5O5. The molecule has 10 nitrogen and oxygen atoms in total. The Kier molecular flexibility index (Phi) is 7.71. The minimum Gasteiger partial charge on any atom is -0.368 e. The van der Waals surface area contributed by atoms with Gasteiger partial charge in [-0.05, 0) is 52.7 Å². The fraction of sp³-hybridized carbons (Fsp3) is 0.552. The van der Waals surface area contributed by atoms with Crippen LogP contribution in [0.15, 0.2) is 29.1 Å². The molecule has 2 heterocycles. The van der Waals surface area contributed by atoms with E-state index in [4.69, 9.17) is 5.73 Å². The summed E-state index contributed by atoms with van der Waals surface area (Å²) in [7, 11) is 0. The van der Waals surface area contributed by atoms with Gasteiger partial charge in [-0.1, -0.05) is 46.8 Å². The van der Waals surface area contributed by atoms with Crippen molar-refractivity contribution in [3.05, 3.63) is 45.7 Å². The van der Waals surface area contributed by atoms with Crippen molar-refractivity contribution in [1.29, 1.82) is 0 Å². The third-order valence-electron chi connectivity index (χ3n) is 8.57. The lowest BCUT2D eigenvalue weighted by molar-refractivity contribution is -0.176. The van der Waals surface area contributed by atoms with Crippen LogP contribution in [0.1, 0.15) is 45.7 Å². The Bertz CT molecular complexity index is 1510. The molecule has 5 N–H and O–H groups in total. The third-order valence-corrected chi connectivity index (χ3v) is 8.57. The summed E-state index contributed by atoms with van der Waals surface area (Å²) in [5.74, 6) is -5.16. The van der Waals surface area contributed by atoms with Crippen molar-refractivity contribution >= 4 is 34.5 Å². The molecule has 0 bridgehead atoms. The summed E-state index contributed by atoms with van der Waals surface area (Å²) >= 11 is 0. The predicted octanol–water partition coefficient (Wildman–Crippen LogP) is 1.93. The van der Waals surface area contributed by atoms with Gasteiger partial charge in [0.2, 0.25) is 17.7 Å². The summed E-state index contributed by atoms with van der Waals surface area (Å²) in [6, 6.07) is 3.08. The van der Waals surface area contributed by atoms with E-state index in [1.165, 1.54) is 25.7 Å². The fourth-order valence-corrected chi connectivity index (χ4v) is 6.05. The number of H-pyrrole nitrogens is 1. The highest BCUT2D eigenvalue weighted by Crippen LogP contribution is 2.65. The van der Waals surface area contributed by atoms with Gasteiger partial charge in [-0.25, -0.2) is 0 Å². The number of nitrogens with zero attached hydrogens (tertiary/aromatic N) is 1. The van der Waals surface area contributed by atoms with Crippen LogP contribution in [0.25, 0.3) is 10.9 Å². The number of nitrogens with one attached hydrogen (secondary N) is 3. The number of pyridine rings is 1. The standard InChI is InChI=1S/C29H36F3N5O5/c1-13-7-8-14-10-15(23(39)34-17(14)9-13)11-18(22(33)38)35-24(40)20-19-16(28(19,5)6)12-37(20)25(41)21(27(2,3)4)36-26(42)29(30,31)32/h7-10,16,18-21H,11-12H2,1-6H3,(H2,33,38)(H,34,39)(H,35,40)(H,36,42)/t16-,18?,19-,20-,21+/m0/s1. The Labute approximate surface area is 240 Å². The lowest BCUT2D eigenvalue weighted by Crippen LogP contribution is -2.61. The second-order valence-corrected chi connectivity index (χ2v) is 13.0. The summed E-state index contributed by atoms with van der Waals surface area (Å²) in [6.07, 6.45) is -5.42. The van der Waals surface area contributed by atoms with Gasteiger partial charge in [-0.15, -0.1) is 0 Å². The van der Waals surface area contributed by atoms with Crippen molar-refractivity contribution in [2.45, 2.75) is 72.3 Å². The largest absolute Gasteiger partial charge is 0.471 e. The Morgan fingerprint density at radius 1 is 1.12 bits per heavy atom. The SMILES string of the molecule is Cc1ccc2cc(CC(NC(=O)[C@@H]3[C@@H]4[C@H](CN3C(=O)[C@@H](NC(=O)C(F)(F)F)C(C)(C)C)C4(C)C)C(N)=O)c(=O)[nH]c2c1. The van der Waals surface area contributed by atoms with Crippen LogP contribution in [0, 0.1) is 29.6 Å². The van der Waals surface area contributed by atoms with Crippen LogP contribution < -0.4 is 21.9 Å². The lowest BCUT2D eigenvalue weighted by atomic mass is 9.85. The van der Waals surface area contributed by atoms with Gasteiger partial charge in [-0.2, -0.15) is 13.2 Å². The molecule has 0 radical (unpaired) electrons. The topological polar surface area (TPSA) is 154 Å². The summed E-state index contributed by atoms with van der Waals surface area (Å²) < 4.78 is 39.2. The van der Waals surface area contributed by atoms with Crippen LogP contribution >= 0.6 is 0 Å². The van der Waals surface area contributed by atoms with Gasteiger partial charge >= 0.3 is 12.1 Å². The molecule has 2 aliphatic rings. The number of benzene rings is 1. The minimum atomic E-state index is -5.20. The first-order chi connectivity index (χ1) is 19.2. The second-order valence-electron chi connectivity index (χ2n) is 13.0. The van der Waals surface area contributed by atoms with Crippen molar-refractivity contribution in [3.63, 3.8) is 0 Å². The molecule has 1 saturated carbocycles. The smallest absolute Gasteiger partial charge is 0.368 e. The summed E-state index contributed by atoms with van der Waals surface area (Å²) in [4.78, 5) is 68.3. The van der Waals surface area contributed by atoms with Crippen LogP contribution in [0.2, 0.25) is 0 Å². The maximum Gasteiger partial charge on any atom is 0.471 e. The number of piperidine rings is 1. The average Bonchev–Trinajstić information content (AvgIpc) is 3.19. The van der Waals surface area contributed by atoms with Gasteiger partial charge in [-0.3, -0.25) is 24.0 Å². The number of aryl methyl sites for hydroxylation is 1. The Morgan fingerprint density at radius 2 is 1.76 bits per heavy atom. The van der Waals surface area contributed by atoms with E-state index in [1.54, 1.807) is 17.4 Å². The number of amides is 4. The van der Waals surface area contributed by atoms with Crippen LogP contribution in [0.4, 0.5) is 13.2 Å². The van der Waals surface area contributed by atoms with Crippen molar-refractivity contribution < 1.29 is 32.3 Å². The van der Waals surface area contributed by atoms with Crippen molar-refractivity contribution in [1.82, 2.24) is 20.5 Å². The third kappa shape index (κ3) is 5.86. The Morgan fingerprint density at radius 3 is 2.33 bits per heavy atom. The molecule has 1 aliphatic carbocycles. The van der Waals surface area contributed by atoms with E-state index < -0.39 is 58.9 Å². The molecule has 2 aromatic rings. The molecule has 4 rings (SSSR count). The molecule has 42 heavy (non-hydrogen) atoms. The van der Waals surface area contributed by atoms with E-state index in [-0.39, 0.29) is 35.8 Å². The van der Waals surface area contributed by atoms with E-state index in [0.717, 1.165) is 5.56 Å². The van der Waals surface area contributed by atoms with E-state index >= 15 is 0 Å². The first-order valence-electron chi connectivity index (χ1n) is 13.6. The molecule has 13 heteroatoms. The highest BCUT2D eigenvalue weighted by molar-refractivity contribution is 5.96. The number of carbonyl (C=O) groups excluding carboxylic acids is 4. The fourth-order valence-electron chi connectivity index (χ4n) is 6.05. The molecule has 1 saturated heterocycles. The molecule has 1 aliphatic heterocycles. The number of hydrogen-bond donors (Lipinski definition) is 4. The molecule has 4 amide bonds. The minimum absolute atomic E-state index is 0.0913. The maximum absolute atomic E-state index is 13.7. The quantitative estimate of drug-likeness (QED) is 0.388. The molecular weight excluding hydrogens is 555 g/mol. The van der Waals surface area contributed by atoms with Crippen molar-refractivity contribution in [2.24, 2.45) is 28.4 Å². The number of aromatic amines is 1. The number of likely N-dealkylation sites (tertiary alicyclic amines) is 1. The number of nitrogens with two attached hydrogens (primary N) is 1. The average molecular weight is 592 g/mol. The molecule has 1 aromatic heterocycles. The zero-order valence-electron chi connectivity index (χ0n) is 24.3. The Hall–Kier alpha value is -3.90. The molecule has 0 spiro atoms. The van der Waals surface area contributed by atoms with Gasteiger partial charge in [0.25, 0.3) is 5.56 Å². The number of hydrogen-bond acceptors (Lipinski definition) is 5. The van der Waals surface area contributed by atoms with Gasteiger partial charge < -0.3 is 26.3 Å². The number of aromatic nitrogens is 1. The molecule has 1 aromatic carbocycles. The lowest BCUT2D eigenvalue weighted by Gasteiger charge is -2.38. The number of rotatable bonds is 7. The Balaban J connectivity index is 1.60. The van der Waals surface area contributed by atoms with E-state index in [0.29, 0.717) is 10.9 Å². The zero-order valence-corrected chi connectivity index (χ0v) is 24.3. The number of alkyl halides is 3. The summed E-state index contributed by atoms with van der Waals surface area (Å²) in [6.45, 7) is 10.3.